The van der Waals surface area contributed by atoms with Gasteiger partial charge in [-0.15, -0.1) is 0 Å². The van der Waals surface area contributed by atoms with E-state index < -0.39 is 0 Å². The van der Waals surface area contributed by atoms with Gasteiger partial charge < -0.3 is 15.7 Å². The molecule has 0 aliphatic heterocycles. The highest BCUT2D eigenvalue weighted by Crippen LogP contribution is 2.24. The summed E-state index contributed by atoms with van der Waals surface area (Å²) in [6.07, 6.45) is 1.04. The molecule has 0 heterocycles. The van der Waals surface area contributed by atoms with Crippen molar-refractivity contribution < 1.29 is 5.11 Å². The molecule has 0 saturated carbocycles. The van der Waals surface area contributed by atoms with E-state index in [-0.39, 0.29) is 6.61 Å². The van der Waals surface area contributed by atoms with Crippen molar-refractivity contribution in [3.8, 4) is 0 Å². The average molecular weight is 317 g/mol. The van der Waals surface area contributed by atoms with Crippen LogP contribution in [0.25, 0.3) is 0 Å². The second kappa shape index (κ2) is 6.93. The van der Waals surface area contributed by atoms with Crippen LogP contribution in [0.2, 0.25) is 0 Å². The summed E-state index contributed by atoms with van der Waals surface area (Å²) in [7, 11) is 0. The third-order valence-corrected chi connectivity index (χ3v) is 3.32. The largest absolute Gasteiger partial charge is 0.395 e. The lowest BCUT2D eigenvalue weighted by molar-refractivity contribution is 0.302. The monoisotopic (exact) mass is 316 g/mol. The van der Waals surface area contributed by atoms with Crippen LogP contribution in [0.1, 0.15) is 18.9 Å². The van der Waals surface area contributed by atoms with E-state index in [1.165, 1.54) is 0 Å². The van der Waals surface area contributed by atoms with E-state index in [9.17, 15) is 0 Å². The minimum absolute atomic E-state index is 0.147. The zero-order chi connectivity index (χ0) is 12.8. The maximum Gasteiger partial charge on any atom is 0.105 e. The second-order valence-electron chi connectivity index (χ2n) is 3.74. The van der Waals surface area contributed by atoms with Crippen LogP contribution in [0.4, 0.5) is 5.69 Å². The highest BCUT2D eigenvalue weighted by atomic mass is 79.9. The van der Waals surface area contributed by atoms with Crippen molar-refractivity contribution in [2.24, 2.45) is 5.73 Å². The summed E-state index contributed by atoms with van der Waals surface area (Å²) in [5.41, 5.74) is 7.51. The van der Waals surface area contributed by atoms with Crippen molar-refractivity contribution in [3.05, 3.63) is 28.2 Å². The summed E-state index contributed by atoms with van der Waals surface area (Å²) < 4.78 is 0.890. The van der Waals surface area contributed by atoms with Crippen LogP contribution in [0.5, 0.6) is 0 Å². The summed E-state index contributed by atoms with van der Waals surface area (Å²) in [6.45, 7) is 3.81. The first-order chi connectivity index (χ1) is 8.10. The molecule has 0 aromatic heterocycles. The number of nitrogens with two attached hydrogens (primary N) is 1. The third-order valence-electron chi connectivity index (χ3n) is 2.45. The SMILES string of the molecule is CCCN(CCO)c1ccc(C(N)=S)c(Br)c1. The van der Waals surface area contributed by atoms with Gasteiger partial charge in [-0.05, 0) is 40.5 Å². The molecule has 3 N–H and O–H groups in total. The molecular formula is C12H17BrN2OS. The number of aliphatic hydroxyl groups excluding tert-OH is 1. The lowest BCUT2D eigenvalue weighted by Crippen LogP contribution is -2.27. The minimum atomic E-state index is 0.147. The normalized spacial score (nSPS) is 10.3. The zero-order valence-electron chi connectivity index (χ0n) is 9.82. The Bertz CT molecular complexity index is 392. The number of aliphatic hydroxyl groups is 1. The molecule has 0 saturated heterocycles. The Morgan fingerprint density at radius 2 is 2.18 bits per heavy atom. The average Bonchev–Trinajstić information content (AvgIpc) is 2.28. The van der Waals surface area contributed by atoms with Crippen molar-refractivity contribution >= 4 is 38.8 Å². The maximum atomic E-state index is 9.04. The molecule has 0 aliphatic rings. The van der Waals surface area contributed by atoms with E-state index in [1.54, 1.807) is 0 Å². The van der Waals surface area contributed by atoms with Gasteiger partial charge in [0.1, 0.15) is 4.99 Å². The molecule has 5 heteroatoms. The Morgan fingerprint density at radius 1 is 1.47 bits per heavy atom. The van der Waals surface area contributed by atoms with E-state index in [2.05, 4.69) is 27.8 Å². The van der Waals surface area contributed by atoms with E-state index in [4.69, 9.17) is 23.1 Å². The molecule has 0 aliphatic carbocycles. The van der Waals surface area contributed by atoms with Gasteiger partial charge in [-0.3, -0.25) is 0 Å². The lowest BCUT2D eigenvalue weighted by atomic mass is 10.2. The Labute approximate surface area is 116 Å². The zero-order valence-corrected chi connectivity index (χ0v) is 12.2. The molecule has 0 atom stereocenters. The number of anilines is 1. The molecule has 0 radical (unpaired) electrons. The lowest BCUT2D eigenvalue weighted by Gasteiger charge is -2.24. The molecule has 0 bridgehead atoms. The molecule has 1 aromatic carbocycles. The van der Waals surface area contributed by atoms with Crippen molar-refractivity contribution in [2.75, 3.05) is 24.6 Å². The van der Waals surface area contributed by atoms with Gasteiger partial charge in [0.15, 0.2) is 0 Å². The maximum absolute atomic E-state index is 9.04. The number of thiocarbonyl (C=S) groups is 1. The predicted octanol–water partition coefficient (Wildman–Crippen LogP) is 2.29. The van der Waals surface area contributed by atoms with E-state index >= 15 is 0 Å². The van der Waals surface area contributed by atoms with Crippen molar-refractivity contribution in [3.63, 3.8) is 0 Å². The molecule has 94 valence electrons. The number of hydrogen-bond acceptors (Lipinski definition) is 3. The standard InChI is InChI=1S/C12H17BrN2OS/c1-2-5-15(6-7-16)9-3-4-10(12(14)17)11(13)8-9/h3-4,8,16H,2,5-7H2,1H3,(H2,14,17). The highest BCUT2D eigenvalue weighted by Gasteiger charge is 2.08. The number of rotatable bonds is 6. The summed E-state index contributed by atoms with van der Waals surface area (Å²) in [5.74, 6) is 0. The van der Waals surface area contributed by atoms with Crippen LogP contribution < -0.4 is 10.6 Å². The highest BCUT2D eigenvalue weighted by molar-refractivity contribution is 9.10. The van der Waals surface area contributed by atoms with E-state index in [0.29, 0.717) is 11.5 Å². The molecular weight excluding hydrogens is 300 g/mol. The fourth-order valence-corrected chi connectivity index (χ4v) is 2.55. The summed E-state index contributed by atoms with van der Waals surface area (Å²) in [4.78, 5) is 2.52. The first-order valence-corrected chi connectivity index (χ1v) is 6.75. The molecule has 0 amide bonds. The van der Waals surface area contributed by atoms with Gasteiger partial charge in [0.2, 0.25) is 0 Å². The number of nitrogens with zero attached hydrogens (tertiary/aromatic N) is 1. The predicted molar refractivity (Wildman–Crippen MR) is 79.6 cm³/mol. The number of hydrogen-bond donors (Lipinski definition) is 2. The van der Waals surface area contributed by atoms with Crippen LogP contribution >= 0.6 is 28.1 Å². The molecule has 1 rings (SSSR count). The molecule has 3 nitrogen and oxygen atoms in total. The second-order valence-corrected chi connectivity index (χ2v) is 5.03. The van der Waals surface area contributed by atoms with Crippen molar-refractivity contribution in [1.82, 2.24) is 0 Å². The van der Waals surface area contributed by atoms with Gasteiger partial charge in [0.05, 0.1) is 6.61 Å². The topological polar surface area (TPSA) is 49.5 Å². The van der Waals surface area contributed by atoms with Crippen molar-refractivity contribution in [2.45, 2.75) is 13.3 Å². The van der Waals surface area contributed by atoms with Gasteiger partial charge in [0, 0.05) is 28.8 Å². The number of benzene rings is 1. The van der Waals surface area contributed by atoms with E-state index in [0.717, 1.165) is 28.7 Å². The fraction of sp³-hybridized carbons (Fsp3) is 0.417. The summed E-state index contributed by atoms with van der Waals surface area (Å²) >= 11 is 8.42. The van der Waals surface area contributed by atoms with Crippen LogP contribution in [-0.4, -0.2) is 29.8 Å². The number of halogens is 1. The third kappa shape index (κ3) is 3.94. The summed E-state index contributed by atoms with van der Waals surface area (Å²) in [5, 5.41) is 9.04. The van der Waals surface area contributed by atoms with Gasteiger partial charge >= 0.3 is 0 Å². The first-order valence-electron chi connectivity index (χ1n) is 5.55. The molecule has 17 heavy (non-hydrogen) atoms. The quantitative estimate of drug-likeness (QED) is 0.791. The van der Waals surface area contributed by atoms with Crippen molar-refractivity contribution in [1.29, 1.82) is 0 Å². The molecule has 1 aromatic rings. The summed E-state index contributed by atoms with van der Waals surface area (Å²) in [6, 6.07) is 5.87. The van der Waals surface area contributed by atoms with Crippen LogP contribution in [0, 0.1) is 0 Å². The smallest absolute Gasteiger partial charge is 0.105 e. The fourth-order valence-electron chi connectivity index (χ4n) is 1.66. The molecule has 0 unspecified atom stereocenters. The van der Waals surface area contributed by atoms with E-state index in [1.807, 2.05) is 18.2 Å². The Morgan fingerprint density at radius 3 is 2.65 bits per heavy atom. The van der Waals surface area contributed by atoms with Gasteiger partial charge in [-0.25, -0.2) is 0 Å². The Hall–Kier alpha value is -0.650. The minimum Gasteiger partial charge on any atom is -0.395 e. The van der Waals surface area contributed by atoms with Gasteiger partial charge in [-0.1, -0.05) is 19.1 Å². The van der Waals surface area contributed by atoms with Gasteiger partial charge in [0.25, 0.3) is 0 Å². The van der Waals surface area contributed by atoms with Crippen LogP contribution in [0.15, 0.2) is 22.7 Å². The first kappa shape index (κ1) is 14.4. The molecule has 0 fully saturated rings. The van der Waals surface area contributed by atoms with Gasteiger partial charge in [-0.2, -0.15) is 0 Å². The molecule has 0 spiro atoms. The Balaban J connectivity index is 2.97. The Kier molecular flexibility index (Phi) is 5.88. The van der Waals surface area contributed by atoms with Crippen LogP contribution in [-0.2, 0) is 0 Å². The van der Waals surface area contributed by atoms with Crippen LogP contribution in [0.3, 0.4) is 0 Å².